The Balaban J connectivity index is 1.46. The fourth-order valence-corrected chi connectivity index (χ4v) is 6.15. The van der Waals surface area contributed by atoms with E-state index in [1.54, 1.807) is 0 Å². The third-order valence-electron chi connectivity index (χ3n) is 7.99. The van der Waals surface area contributed by atoms with E-state index in [9.17, 15) is 4.79 Å². The van der Waals surface area contributed by atoms with E-state index in [-0.39, 0.29) is 17.9 Å². The lowest BCUT2D eigenvalue weighted by molar-refractivity contribution is -0.915. The maximum atomic E-state index is 13.2. The van der Waals surface area contributed by atoms with Crippen LogP contribution in [-0.2, 0) is 4.74 Å². The molecule has 2 aliphatic rings. The number of halogens is 1. The van der Waals surface area contributed by atoms with Crippen molar-refractivity contribution < 1.29 is 18.8 Å². The third kappa shape index (κ3) is 7.00. The Labute approximate surface area is 228 Å². The molecule has 1 fully saturated rings. The zero-order valence-corrected chi connectivity index (χ0v) is 23.6. The number of unbranched alkanes of at least 4 members (excludes halogenated alkanes) is 6. The molecule has 0 saturated carbocycles. The van der Waals surface area contributed by atoms with Gasteiger partial charge in [0.2, 0.25) is 6.73 Å². The molecule has 0 radical (unpaired) electrons. The number of amides is 1. The molecule has 2 aliphatic heterocycles. The van der Waals surface area contributed by atoms with Crippen molar-refractivity contribution in [3.8, 4) is 11.5 Å². The highest BCUT2D eigenvalue weighted by Gasteiger charge is 2.48. The summed E-state index contributed by atoms with van der Waals surface area (Å²) in [7, 11) is 2.21. The van der Waals surface area contributed by atoms with Gasteiger partial charge in [0.1, 0.15) is 11.5 Å². The standard InChI is InChI=1S/C31H44ClN2O3/c1-4-6-8-12-18-33(19-13-9-7-5-2)31(35)36-23-34(3)21-27-25-14-10-11-15-29(25)37-30-17-16-24(32)20-26(30)28(27)22-34/h10-11,14-17,20,27-28H,4-9,12-13,18-19,21-23H2,1-3H3/q+1. The van der Waals surface area contributed by atoms with Crippen molar-refractivity contribution in [1.29, 1.82) is 0 Å². The number of rotatable bonds is 12. The van der Waals surface area contributed by atoms with Crippen molar-refractivity contribution in [2.24, 2.45) is 0 Å². The highest BCUT2D eigenvalue weighted by Crippen LogP contribution is 2.51. The normalized spacial score (nSPS) is 21.8. The van der Waals surface area contributed by atoms with Crippen LogP contribution in [0.15, 0.2) is 42.5 Å². The number of likely N-dealkylation sites (N-methyl/N-ethyl adjacent to an activating group) is 1. The van der Waals surface area contributed by atoms with E-state index in [1.165, 1.54) is 31.2 Å². The number of benzene rings is 2. The molecule has 5 nitrogen and oxygen atoms in total. The fourth-order valence-electron chi connectivity index (χ4n) is 5.97. The van der Waals surface area contributed by atoms with Gasteiger partial charge in [-0.15, -0.1) is 0 Å². The van der Waals surface area contributed by atoms with Gasteiger partial charge in [0.05, 0.1) is 20.1 Å². The van der Waals surface area contributed by atoms with Gasteiger partial charge in [-0.05, 0) is 37.1 Å². The van der Waals surface area contributed by atoms with Gasteiger partial charge in [-0.2, -0.15) is 0 Å². The summed E-state index contributed by atoms with van der Waals surface area (Å²) in [6.45, 7) is 8.15. The number of hydrogen-bond acceptors (Lipinski definition) is 3. The van der Waals surface area contributed by atoms with Gasteiger partial charge >= 0.3 is 6.09 Å². The molecule has 6 heteroatoms. The summed E-state index contributed by atoms with van der Waals surface area (Å²) in [5, 5.41) is 0.723. The minimum absolute atomic E-state index is 0.161. The van der Waals surface area contributed by atoms with Gasteiger partial charge in [0.25, 0.3) is 0 Å². The summed E-state index contributed by atoms with van der Waals surface area (Å²) in [4.78, 5) is 15.2. The van der Waals surface area contributed by atoms with Gasteiger partial charge in [-0.3, -0.25) is 4.48 Å². The van der Waals surface area contributed by atoms with Crippen LogP contribution >= 0.6 is 11.6 Å². The zero-order valence-electron chi connectivity index (χ0n) is 22.9. The molecule has 0 bridgehead atoms. The molecule has 0 aromatic heterocycles. The van der Waals surface area contributed by atoms with Crippen LogP contribution in [0.4, 0.5) is 4.79 Å². The van der Waals surface area contributed by atoms with Gasteiger partial charge in [0, 0.05) is 41.1 Å². The summed E-state index contributed by atoms with van der Waals surface area (Å²) in [5.74, 6) is 2.31. The Morgan fingerprint density at radius 3 is 2.22 bits per heavy atom. The lowest BCUT2D eigenvalue weighted by atomic mass is 9.84. The largest absolute Gasteiger partial charge is 0.457 e. The SMILES string of the molecule is CCCCCCN(CCCCCC)C(=O)OC[N+]1(C)CC2c3ccccc3Oc3ccc(Cl)cc3C2C1. The number of carbonyl (C=O) groups is 1. The molecule has 0 N–H and O–H groups in total. The minimum atomic E-state index is -0.161. The number of fused-ring (bicyclic) bond motifs is 5. The molecule has 2 heterocycles. The number of para-hydroxylation sites is 1. The Bertz CT molecular complexity index is 1030. The van der Waals surface area contributed by atoms with Crippen LogP contribution < -0.4 is 4.74 Å². The first kappa shape index (κ1) is 27.8. The number of quaternary nitrogens is 1. The summed E-state index contributed by atoms with van der Waals surface area (Å²) >= 11 is 6.43. The van der Waals surface area contributed by atoms with E-state index in [4.69, 9.17) is 21.1 Å². The van der Waals surface area contributed by atoms with Gasteiger partial charge < -0.3 is 14.4 Å². The molecule has 2 aromatic rings. The maximum Gasteiger partial charge on any atom is 0.414 e. The van der Waals surface area contributed by atoms with E-state index < -0.39 is 0 Å². The second-order valence-corrected chi connectivity index (χ2v) is 11.6. The van der Waals surface area contributed by atoms with Crippen LogP contribution in [0.25, 0.3) is 0 Å². The van der Waals surface area contributed by atoms with Crippen molar-refractivity contribution >= 4 is 17.7 Å². The molecule has 37 heavy (non-hydrogen) atoms. The van der Waals surface area contributed by atoms with Crippen molar-refractivity contribution in [2.75, 3.05) is 40.0 Å². The summed E-state index contributed by atoms with van der Waals surface area (Å²) < 4.78 is 13.1. The first-order valence-electron chi connectivity index (χ1n) is 14.3. The molecule has 0 spiro atoms. The molecule has 4 rings (SSSR count). The number of hydrogen-bond donors (Lipinski definition) is 0. The minimum Gasteiger partial charge on any atom is -0.457 e. The quantitative estimate of drug-likeness (QED) is 0.206. The van der Waals surface area contributed by atoms with Crippen molar-refractivity contribution in [3.05, 3.63) is 58.6 Å². The summed E-state index contributed by atoms with van der Waals surface area (Å²) in [6, 6.07) is 14.3. The highest BCUT2D eigenvalue weighted by atomic mass is 35.5. The maximum absolute atomic E-state index is 13.2. The van der Waals surface area contributed by atoms with Gasteiger partial charge in [0.15, 0.2) is 0 Å². The first-order chi connectivity index (χ1) is 17.9. The number of likely N-dealkylation sites (tertiary alicyclic amines) is 1. The number of nitrogens with zero attached hydrogens (tertiary/aromatic N) is 2. The van der Waals surface area contributed by atoms with Crippen LogP contribution in [0.3, 0.4) is 0 Å². The van der Waals surface area contributed by atoms with Gasteiger partial charge in [-0.1, -0.05) is 82.2 Å². The molecule has 1 saturated heterocycles. The van der Waals surface area contributed by atoms with Crippen LogP contribution in [0, 0.1) is 0 Å². The Kier molecular flexibility index (Phi) is 9.77. The monoisotopic (exact) mass is 527 g/mol. The summed E-state index contributed by atoms with van der Waals surface area (Å²) in [6.07, 6.45) is 9.07. The van der Waals surface area contributed by atoms with Crippen molar-refractivity contribution in [2.45, 2.75) is 77.0 Å². The van der Waals surface area contributed by atoms with Crippen molar-refractivity contribution in [1.82, 2.24) is 4.90 Å². The first-order valence-corrected chi connectivity index (χ1v) is 14.6. The van der Waals surface area contributed by atoms with Crippen LogP contribution in [0.5, 0.6) is 11.5 Å². The van der Waals surface area contributed by atoms with Gasteiger partial charge in [-0.25, -0.2) is 4.79 Å². The van der Waals surface area contributed by atoms with Crippen LogP contribution in [-0.4, -0.2) is 55.4 Å². The van der Waals surface area contributed by atoms with E-state index in [0.717, 1.165) is 73.9 Å². The van der Waals surface area contributed by atoms with E-state index >= 15 is 0 Å². The molecule has 3 unspecified atom stereocenters. The Morgan fingerprint density at radius 2 is 1.54 bits per heavy atom. The molecule has 2 aromatic carbocycles. The average molecular weight is 528 g/mol. The fraction of sp³-hybridized carbons (Fsp3) is 0.581. The lowest BCUT2D eigenvalue weighted by Gasteiger charge is -2.31. The highest BCUT2D eigenvalue weighted by molar-refractivity contribution is 6.30. The van der Waals surface area contributed by atoms with Crippen LogP contribution in [0.1, 0.15) is 88.2 Å². The number of ether oxygens (including phenoxy) is 2. The van der Waals surface area contributed by atoms with Crippen LogP contribution in [0.2, 0.25) is 5.02 Å². The summed E-state index contributed by atoms with van der Waals surface area (Å²) in [5.41, 5.74) is 2.37. The average Bonchev–Trinajstić information content (AvgIpc) is 3.19. The second kappa shape index (κ2) is 13.0. The molecular formula is C31H44ClN2O3+. The van der Waals surface area contributed by atoms with E-state index in [0.29, 0.717) is 11.2 Å². The van der Waals surface area contributed by atoms with Crippen molar-refractivity contribution in [3.63, 3.8) is 0 Å². The molecule has 3 atom stereocenters. The molecule has 1 amide bonds. The lowest BCUT2D eigenvalue weighted by Crippen LogP contribution is -2.46. The molecule has 202 valence electrons. The second-order valence-electron chi connectivity index (χ2n) is 11.2. The third-order valence-corrected chi connectivity index (χ3v) is 8.23. The van der Waals surface area contributed by atoms with E-state index in [2.05, 4.69) is 39.1 Å². The smallest absolute Gasteiger partial charge is 0.414 e. The molecular weight excluding hydrogens is 484 g/mol. The Hall–Kier alpha value is -2.24. The zero-order chi connectivity index (χ0) is 26.3. The van der Waals surface area contributed by atoms with E-state index in [1.807, 2.05) is 29.2 Å². The molecule has 0 aliphatic carbocycles. The topological polar surface area (TPSA) is 38.8 Å². The Morgan fingerprint density at radius 1 is 0.919 bits per heavy atom. The predicted octanol–water partition coefficient (Wildman–Crippen LogP) is 8.33. The number of carbonyl (C=O) groups excluding carboxylic acids is 1. The predicted molar refractivity (Wildman–Crippen MR) is 151 cm³/mol.